The first-order valence-electron chi connectivity index (χ1n) is 6.07. The Morgan fingerprint density at radius 2 is 2.44 bits per heavy atom. The minimum absolute atomic E-state index is 0.0857. The molecular formula is C11H15N5O2. The second kappa shape index (κ2) is 4.77. The first kappa shape index (κ1) is 11.2. The standard InChI is InChI=1S/C11H15N5O2/c17-8-5-13-11-9(16-8)10(14-6-15-11)12-4-7-2-1-3-18-7/h6-7H,1-5H2,(H,16,17)(H2,12,13,14,15). The molecule has 7 nitrogen and oxygen atoms in total. The predicted molar refractivity (Wildman–Crippen MR) is 66.6 cm³/mol. The Hall–Kier alpha value is -1.89. The van der Waals surface area contributed by atoms with Crippen LogP contribution in [0.25, 0.3) is 0 Å². The van der Waals surface area contributed by atoms with Crippen molar-refractivity contribution in [3.05, 3.63) is 6.33 Å². The summed E-state index contributed by atoms with van der Waals surface area (Å²) in [6.45, 7) is 1.76. The normalized spacial score (nSPS) is 22.0. The SMILES string of the molecule is O=C1CNc2ncnc(NCC3CCCO3)c2N1. The summed E-state index contributed by atoms with van der Waals surface area (Å²) in [4.78, 5) is 19.6. The van der Waals surface area contributed by atoms with Gasteiger partial charge in [-0.15, -0.1) is 0 Å². The van der Waals surface area contributed by atoms with Crippen LogP contribution in [-0.4, -0.2) is 41.7 Å². The Morgan fingerprint density at radius 1 is 1.50 bits per heavy atom. The second-order valence-corrected chi connectivity index (χ2v) is 4.36. The maximum absolute atomic E-state index is 11.4. The van der Waals surface area contributed by atoms with E-state index in [1.165, 1.54) is 6.33 Å². The van der Waals surface area contributed by atoms with Crippen LogP contribution in [0.3, 0.4) is 0 Å². The molecule has 0 aliphatic carbocycles. The van der Waals surface area contributed by atoms with Crippen LogP contribution in [0.2, 0.25) is 0 Å². The molecule has 0 saturated carbocycles. The smallest absolute Gasteiger partial charge is 0.243 e. The van der Waals surface area contributed by atoms with Gasteiger partial charge in [0, 0.05) is 13.2 Å². The van der Waals surface area contributed by atoms with Crippen molar-refractivity contribution < 1.29 is 9.53 Å². The largest absolute Gasteiger partial charge is 0.376 e. The number of fused-ring (bicyclic) bond motifs is 1. The number of rotatable bonds is 3. The molecular weight excluding hydrogens is 234 g/mol. The molecule has 1 amide bonds. The van der Waals surface area contributed by atoms with E-state index < -0.39 is 0 Å². The summed E-state index contributed by atoms with van der Waals surface area (Å²) in [5.74, 6) is 1.20. The van der Waals surface area contributed by atoms with Crippen molar-refractivity contribution in [3.8, 4) is 0 Å². The fraction of sp³-hybridized carbons (Fsp3) is 0.545. The fourth-order valence-corrected chi connectivity index (χ4v) is 2.14. The highest BCUT2D eigenvalue weighted by molar-refractivity contribution is 6.02. The van der Waals surface area contributed by atoms with Crippen molar-refractivity contribution >= 4 is 23.2 Å². The third-order valence-corrected chi connectivity index (χ3v) is 3.05. The van der Waals surface area contributed by atoms with Crippen LogP contribution in [0.15, 0.2) is 6.33 Å². The van der Waals surface area contributed by atoms with Gasteiger partial charge in [0.15, 0.2) is 11.6 Å². The minimum Gasteiger partial charge on any atom is -0.376 e. The molecule has 1 aromatic rings. The molecule has 3 rings (SSSR count). The number of carbonyl (C=O) groups is 1. The molecule has 7 heteroatoms. The van der Waals surface area contributed by atoms with E-state index in [0.29, 0.717) is 23.9 Å². The molecule has 1 unspecified atom stereocenters. The van der Waals surface area contributed by atoms with E-state index >= 15 is 0 Å². The van der Waals surface area contributed by atoms with Crippen LogP contribution in [0.4, 0.5) is 17.3 Å². The van der Waals surface area contributed by atoms with Crippen molar-refractivity contribution in [2.75, 3.05) is 35.6 Å². The maximum atomic E-state index is 11.4. The highest BCUT2D eigenvalue weighted by Gasteiger charge is 2.21. The number of amides is 1. The summed E-state index contributed by atoms with van der Waals surface area (Å²) in [5, 5.41) is 8.92. The number of nitrogens with zero attached hydrogens (tertiary/aromatic N) is 2. The number of aromatic nitrogens is 2. The molecule has 3 N–H and O–H groups in total. The van der Waals surface area contributed by atoms with Crippen LogP contribution in [0, 0.1) is 0 Å². The lowest BCUT2D eigenvalue weighted by atomic mass is 10.2. The van der Waals surface area contributed by atoms with Gasteiger partial charge in [0.2, 0.25) is 5.91 Å². The highest BCUT2D eigenvalue weighted by Crippen LogP contribution is 2.28. The quantitative estimate of drug-likeness (QED) is 0.720. The van der Waals surface area contributed by atoms with E-state index in [1.807, 2.05) is 0 Å². The monoisotopic (exact) mass is 249 g/mol. The van der Waals surface area contributed by atoms with Gasteiger partial charge in [0.1, 0.15) is 12.0 Å². The van der Waals surface area contributed by atoms with E-state index in [1.54, 1.807) is 0 Å². The summed E-state index contributed by atoms with van der Waals surface area (Å²) >= 11 is 0. The molecule has 1 atom stereocenters. The topological polar surface area (TPSA) is 88.2 Å². The van der Waals surface area contributed by atoms with Gasteiger partial charge in [-0.25, -0.2) is 9.97 Å². The molecule has 1 aromatic heterocycles. The van der Waals surface area contributed by atoms with Crippen molar-refractivity contribution in [2.45, 2.75) is 18.9 Å². The van der Waals surface area contributed by atoms with Gasteiger partial charge in [0.25, 0.3) is 0 Å². The average Bonchev–Trinajstić information content (AvgIpc) is 2.89. The van der Waals surface area contributed by atoms with Gasteiger partial charge >= 0.3 is 0 Å². The Balaban J connectivity index is 1.73. The molecule has 96 valence electrons. The van der Waals surface area contributed by atoms with E-state index in [0.717, 1.165) is 19.4 Å². The van der Waals surface area contributed by atoms with Crippen LogP contribution in [0.5, 0.6) is 0 Å². The zero-order valence-electron chi connectivity index (χ0n) is 9.90. The number of hydrogen-bond donors (Lipinski definition) is 3. The van der Waals surface area contributed by atoms with E-state index in [2.05, 4.69) is 25.9 Å². The third kappa shape index (κ3) is 2.21. The Labute approximate surface area is 104 Å². The van der Waals surface area contributed by atoms with E-state index in [9.17, 15) is 4.79 Å². The summed E-state index contributed by atoms with van der Waals surface area (Å²) in [6, 6.07) is 0. The Bertz CT molecular complexity index is 459. The van der Waals surface area contributed by atoms with Gasteiger partial charge in [-0.2, -0.15) is 0 Å². The van der Waals surface area contributed by atoms with Crippen molar-refractivity contribution in [2.24, 2.45) is 0 Å². The fourth-order valence-electron chi connectivity index (χ4n) is 2.14. The molecule has 1 saturated heterocycles. The van der Waals surface area contributed by atoms with Crippen molar-refractivity contribution in [3.63, 3.8) is 0 Å². The number of carbonyl (C=O) groups excluding carboxylic acids is 1. The molecule has 18 heavy (non-hydrogen) atoms. The van der Waals surface area contributed by atoms with Crippen LogP contribution >= 0.6 is 0 Å². The van der Waals surface area contributed by atoms with Gasteiger partial charge in [-0.3, -0.25) is 4.79 Å². The highest BCUT2D eigenvalue weighted by atomic mass is 16.5. The van der Waals surface area contributed by atoms with Crippen LogP contribution in [-0.2, 0) is 9.53 Å². The van der Waals surface area contributed by atoms with Gasteiger partial charge < -0.3 is 20.7 Å². The zero-order valence-corrected chi connectivity index (χ0v) is 9.90. The maximum Gasteiger partial charge on any atom is 0.243 e. The summed E-state index contributed by atoms with van der Waals surface area (Å²) in [6.07, 6.45) is 3.86. The van der Waals surface area contributed by atoms with Crippen LogP contribution < -0.4 is 16.0 Å². The van der Waals surface area contributed by atoms with Gasteiger partial charge in [0.05, 0.1) is 12.6 Å². The minimum atomic E-state index is -0.0857. The second-order valence-electron chi connectivity index (χ2n) is 4.36. The molecule has 0 bridgehead atoms. The Kier molecular flexibility index (Phi) is 2.97. The van der Waals surface area contributed by atoms with Crippen molar-refractivity contribution in [1.29, 1.82) is 0 Å². The lowest BCUT2D eigenvalue weighted by molar-refractivity contribution is -0.114. The molecule has 3 heterocycles. The lowest BCUT2D eigenvalue weighted by Crippen LogP contribution is -2.29. The molecule has 2 aliphatic heterocycles. The predicted octanol–water partition coefficient (Wildman–Crippen LogP) is 0.431. The Morgan fingerprint density at radius 3 is 3.28 bits per heavy atom. The first-order chi connectivity index (χ1) is 8.83. The van der Waals surface area contributed by atoms with E-state index in [-0.39, 0.29) is 18.6 Å². The summed E-state index contributed by atoms with van der Waals surface area (Å²) in [7, 11) is 0. The van der Waals surface area contributed by atoms with Crippen molar-refractivity contribution in [1.82, 2.24) is 9.97 Å². The zero-order chi connectivity index (χ0) is 12.4. The first-order valence-corrected chi connectivity index (χ1v) is 6.07. The number of nitrogens with one attached hydrogen (secondary N) is 3. The molecule has 0 spiro atoms. The van der Waals surface area contributed by atoms with E-state index in [4.69, 9.17) is 4.74 Å². The number of ether oxygens (including phenoxy) is 1. The number of anilines is 3. The summed E-state index contributed by atoms with van der Waals surface area (Å²) in [5.41, 5.74) is 0.617. The van der Waals surface area contributed by atoms with Crippen LogP contribution in [0.1, 0.15) is 12.8 Å². The molecule has 1 fully saturated rings. The molecule has 0 aromatic carbocycles. The van der Waals surface area contributed by atoms with Gasteiger partial charge in [-0.1, -0.05) is 0 Å². The lowest BCUT2D eigenvalue weighted by Gasteiger charge is -2.20. The average molecular weight is 249 g/mol. The third-order valence-electron chi connectivity index (χ3n) is 3.05. The van der Waals surface area contributed by atoms with Gasteiger partial charge in [-0.05, 0) is 12.8 Å². The summed E-state index contributed by atoms with van der Waals surface area (Å²) < 4.78 is 5.53. The molecule has 2 aliphatic rings. The molecule has 0 radical (unpaired) electrons. The number of hydrogen-bond acceptors (Lipinski definition) is 6.